The summed E-state index contributed by atoms with van der Waals surface area (Å²) >= 11 is 0. The molecule has 0 radical (unpaired) electrons. The quantitative estimate of drug-likeness (QED) is 0.313. The van der Waals surface area contributed by atoms with Gasteiger partial charge >= 0.3 is 0 Å². The second-order valence-corrected chi connectivity index (χ2v) is 14.1. The predicted octanol–water partition coefficient (Wildman–Crippen LogP) is 6.95. The van der Waals surface area contributed by atoms with Gasteiger partial charge in [0.1, 0.15) is 11.4 Å². The zero-order valence-corrected chi connectivity index (χ0v) is 19.1. The highest BCUT2D eigenvalue weighted by Gasteiger charge is 2.44. The number of hydrogen-bond acceptors (Lipinski definition) is 3. The van der Waals surface area contributed by atoms with Gasteiger partial charge < -0.3 is 13.8 Å². The maximum Gasteiger partial charge on any atom is 0.200 e. The first-order valence-corrected chi connectivity index (χ1v) is 12.6. The van der Waals surface area contributed by atoms with Gasteiger partial charge in [0.05, 0.1) is 12.0 Å². The van der Waals surface area contributed by atoms with Crippen molar-refractivity contribution in [1.29, 1.82) is 0 Å². The fourth-order valence-corrected chi connectivity index (χ4v) is 10.3. The third-order valence-electron chi connectivity index (χ3n) is 6.00. The molecule has 2 heterocycles. The number of fused-ring (bicyclic) bond motifs is 1. The minimum Gasteiger partial charge on any atom is -0.464 e. The number of aromatic nitrogens is 2. The van der Waals surface area contributed by atoms with Gasteiger partial charge in [0, 0.05) is 30.2 Å². The Morgan fingerprint density at radius 3 is 2.43 bits per heavy atom. The molecule has 0 bridgehead atoms. The molecule has 0 aliphatic heterocycles. The topological polar surface area (TPSA) is 51.1 Å². The summed E-state index contributed by atoms with van der Waals surface area (Å²) in [6.45, 7) is 14.8. The van der Waals surface area contributed by atoms with E-state index < -0.39 is 8.32 Å². The fourth-order valence-electron chi connectivity index (χ4n) is 4.75. The van der Waals surface area contributed by atoms with E-state index in [1.54, 1.807) is 6.26 Å². The van der Waals surface area contributed by atoms with Gasteiger partial charge in [0.2, 0.25) is 0 Å². The van der Waals surface area contributed by atoms with Gasteiger partial charge in [-0.3, -0.25) is 0 Å². The SMILES string of the molecule is CC(C)[Si](OCCCc1nc(-c2ccc3occc3c2)c[nH]1)(C(C)C)C(C)C. The Balaban J connectivity index is 1.60. The van der Waals surface area contributed by atoms with Crippen molar-refractivity contribution in [3.05, 3.63) is 42.5 Å². The van der Waals surface area contributed by atoms with Crippen LogP contribution < -0.4 is 0 Å². The summed E-state index contributed by atoms with van der Waals surface area (Å²) in [6.07, 6.45) is 5.62. The van der Waals surface area contributed by atoms with E-state index in [9.17, 15) is 0 Å². The number of furan rings is 1. The van der Waals surface area contributed by atoms with Gasteiger partial charge in [-0.25, -0.2) is 4.98 Å². The van der Waals surface area contributed by atoms with Crippen LogP contribution in [-0.2, 0) is 10.8 Å². The van der Waals surface area contributed by atoms with E-state index in [4.69, 9.17) is 13.8 Å². The van der Waals surface area contributed by atoms with E-state index in [1.807, 2.05) is 18.3 Å². The highest BCUT2D eigenvalue weighted by atomic mass is 28.4. The second kappa shape index (κ2) is 8.66. The summed E-state index contributed by atoms with van der Waals surface area (Å²) in [5.41, 5.74) is 4.87. The smallest absolute Gasteiger partial charge is 0.200 e. The van der Waals surface area contributed by atoms with Gasteiger partial charge in [0.15, 0.2) is 8.32 Å². The number of aromatic amines is 1. The van der Waals surface area contributed by atoms with Crippen LogP contribution in [0.5, 0.6) is 0 Å². The minimum absolute atomic E-state index is 0.626. The largest absolute Gasteiger partial charge is 0.464 e. The van der Waals surface area contributed by atoms with E-state index in [2.05, 4.69) is 58.7 Å². The Kier molecular flexibility index (Phi) is 6.46. The van der Waals surface area contributed by atoms with E-state index in [0.717, 1.165) is 47.5 Å². The van der Waals surface area contributed by atoms with Gasteiger partial charge in [-0.2, -0.15) is 0 Å². The van der Waals surface area contributed by atoms with Crippen LogP contribution in [0, 0.1) is 0 Å². The zero-order chi connectivity index (χ0) is 20.3. The van der Waals surface area contributed by atoms with Crippen LogP contribution in [0.2, 0.25) is 16.6 Å². The standard InChI is InChI=1S/C23H34N2O2Si/c1-16(2)28(17(3)4,18(5)6)27-12-7-8-23-24-15-21(25-23)19-9-10-22-20(14-19)11-13-26-22/h9-11,13-18H,7-8,12H2,1-6H3,(H,24,25). The first-order valence-electron chi connectivity index (χ1n) is 10.5. The molecular weight excluding hydrogens is 364 g/mol. The number of imidazole rings is 1. The Hall–Kier alpha value is -1.85. The molecule has 3 rings (SSSR count). The molecule has 0 amide bonds. The predicted molar refractivity (Wildman–Crippen MR) is 119 cm³/mol. The van der Waals surface area contributed by atoms with E-state index in [1.165, 1.54) is 0 Å². The third-order valence-corrected chi connectivity index (χ3v) is 12.1. The number of rotatable bonds is 9. The van der Waals surface area contributed by atoms with Crippen molar-refractivity contribution in [3.8, 4) is 11.3 Å². The van der Waals surface area contributed by atoms with Crippen molar-refractivity contribution in [3.63, 3.8) is 0 Å². The second-order valence-electron chi connectivity index (χ2n) is 8.68. The average molecular weight is 399 g/mol. The molecule has 0 unspecified atom stereocenters. The molecule has 0 fully saturated rings. The lowest BCUT2D eigenvalue weighted by molar-refractivity contribution is 0.272. The summed E-state index contributed by atoms with van der Waals surface area (Å²) in [6, 6.07) is 8.16. The maximum atomic E-state index is 6.65. The molecule has 1 aromatic carbocycles. The Morgan fingerprint density at radius 1 is 1.04 bits per heavy atom. The average Bonchev–Trinajstić information content (AvgIpc) is 3.29. The van der Waals surface area contributed by atoms with Crippen LogP contribution in [0.25, 0.3) is 22.2 Å². The highest BCUT2D eigenvalue weighted by molar-refractivity contribution is 6.77. The van der Waals surface area contributed by atoms with Crippen LogP contribution in [-0.4, -0.2) is 24.9 Å². The lowest BCUT2D eigenvalue weighted by Crippen LogP contribution is -2.48. The van der Waals surface area contributed by atoms with E-state index >= 15 is 0 Å². The first-order chi connectivity index (χ1) is 13.3. The molecule has 0 saturated carbocycles. The van der Waals surface area contributed by atoms with Crippen molar-refractivity contribution >= 4 is 19.3 Å². The van der Waals surface area contributed by atoms with Crippen LogP contribution in [0.1, 0.15) is 53.8 Å². The Labute approximate surface area is 169 Å². The Morgan fingerprint density at radius 2 is 1.75 bits per heavy atom. The monoisotopic (exact) mass is 398 g/mol. The number of hydrogen-bond donors (Lipinski definition) is 1. The lowest BCUT2D eigenvalue weighted by atomic mass is 10.1. The molecule has 2 aromatic heterocycles. The summed E-state index contributed by atoms with van der Waals surface area (Å²) in [7, 11) is -1.77. The number of benzene rings is 1. The molecule has 4 nitrogen and oxygen atoms in total. The molecule has 0 saturated heterocycles. The van der Waals surface area contributed by atoms with E-state index in [-0.39, 0.29) is 0 Å². The molecule has 1 N–H and O–H groups in total. The van der Waals surface area contributed by atoms with Crippen LogP contribution in [0.3, 0.4) is 0 Å². The number of nitrogens with zero attached hydrogens (tertiary/aromatic N) is 1. The fraction of sp³-hybridized carbons (Fsp3) is 0.522. The lowest BCUT2D eigenvalue weighted by Gasteiger charge is -2.42. The molecule has 0 spiro atoms. The highest BCUT2D eigenvalue weighted by Crippen LogP contribution is 2.42. The van der Waals surface area contributed by atoms with Gasteiger partial charge in [-0.15, -0.1) is 0 Å². The van der Waals surface area contributed by atoms with Crippen molar-refractivity contribution < 1.29 is 8.84 Å². The molecule has 0 aliphatic carbocycles. The summed E-state index contributed by atoms with van der Waals surface area (Å²) in [5, 5.41) is 1.10. The third kappa shape index (κ3) is 4.10. The molecule has 5 heteroatoms. The first kappa shape index (κ1) is 20.9. The number of nitrogens with one attached hydrogen (secondary N) is 1. The maximum absolute atomic E-state index is 6.65. The number of H-pyrrole nitrogens is 1. The summed E-state index contributed by atoms with van der Waals surface area (Å²) in [5.74, 6) is 1.02. The molecule has 3 aromatic rings. The molecule has 0 atom stereocenters. The Bertz CT molecular complexity index is 873. The van der Waals surface area contributed by atoms with Gasteiger partial charge in [0.25, 0.3) is 0 Å². The summed E-state index contributed by atoms with van der Waals surface area (Å²) < 4.78 is 12.1. The number of aryl methyl sites for hydroxylation is 1. The molecule has 28 heavy (non-hydrogen) atoms. The van der Waals surface area contributed by atoms with Crippen LogP contribution in [0.15, 0.2) is 41.1 Å². The van der Waals surface area contributed by atoms with Crippen molar-refractivity contribution in [2.45, 2.75) is 71.0 Å². The van der Waals surface area contributed by atoms with E-state index in [0.29, 0.717) is 16.6 Å². The molecule has 152 valence electrons. The van der Waals surface area contributed by atoms with Crippen LogP contribution >= 0.6 is 0 Å². The normalized spacial score (nSPS) is 12.8. The minimum atomic E-state index is -1.77. The van der Waals surface area contributed by atoms with Gasteiger partial charge in [-0.05, 0) is 47.3 Å². The summed E-state index contributed by atoms with van der Waals surface area (Å²) in [4.78, 5) is 8.11. The van der Waals surface area contributed by atoms with Gasteiger partial charge in [-0.1, -0.05) is 41.5 Å². The molecule has 0 aliphatic rings. The van der Waals surface area contributed by atoms with Crippen LogP contribution in [0.4, 0.5) is 0 Å². The molecular formula is C23H34N2O2Si. The van der Waals surface area contributed by atoms with Crippen molar-refractivity contribution in [2.24, 2.45) is 0 Å². The van der Waals surface area contributed by atoms with Crippen molar-refractivity contribution in [2.75, 3.05) is 6.61 Å². The van der Waals surface area contributed by atoms with Crippen molar-refractivity contribution in [1.82, 2.24) is 9.97 Å². The zero-order valence-electron chi connectivity index (χ0n) is 18.1.